The van der Waals surface area contributed by atoms with E-state index in [0.717, 1.165) is 49.7 Å². The number of fused-ring (bicyclic) bond motifs is 1. The van der Waals surface area contributed by atoms with Gasteiger partial charge in [-0.3, -0.25) is 4.57 Å². The largest absolute Gasteiger partial charge is 0.417 e. The van der Waals surface area contributed by atoms with Gasteiger partial charge in [0.15, 0.2) is 0 Å². The summed E-state index contributed by atoms with van der Waals surface area (Å²) in [5.41, 5.74) is 1.00. The number of H-pyrrole nitrogens is 1. The van der Waals surface area contributed by atoms with E-state index in [4.69, 9.17) is 11.6 Å². The molecule has 5 rings (SSSR count). The van der Waals surface area contributed by atoms with E-state index in [9.17, 15) is 26.7 Å². The van der Waals surface area contributed by atoms with Crippen molar-refractivity contribution in [2.75, 3.05) is 19.6 Å². The number of benzene rings is 3. The number of hydrogen-bond acceptors (Lipinski definition) is 2. The monoisotopic (exact) mass is 563 g/mol. The molecule has 0 atom stereocenters. The van der Waals surface area contributed by atoms with Crippen LogP contribution >= 0.6 is 11.6 Å². The Morgan fingerprint density at radius 3 is 2.03 bits per heavy atom. The van der Waals surface area contributed by atoms with Crippen molar-refractivity contribution in [1.82, 2.24) is 14.5 Å². The summed E-state index contributed by atoms with van der Waals surface area (Å²) in [5, 5.41) is -0.433. The Kier molecular flexibility index (Phi) is 7.82. The Morgan fingerprint density at radius 1 is 0.923 bits per heavy atom. The summed E-state index contributed by atoms with van der Waals surface area (Å²) in [5.74, 6) is -0.617. The number of likely N-dealkylation sites (tertiary alicyclic amines) is 1. The second kappa shape index (κ2) is 11.1. The molecular formula is C29H27ClF5N3O. The predicted molar refractivity (Wildman–Crippen MR) is 141 cm³/mol. The molecule has 3 aromatic carbocycles. The predicted octanol–water partition coefficient (Wildman–Crippen LogP) is 7.53. The zero-order chi connectivity index (χ0) is 27.7. The van der Waals surface area contributed by atoms with Crippen LogP contribution in [0.1, 0.15) is 54.3 Å². The van der Waals surface area contributed by atoms with Gasteiger partial charge in [0, 0.05) is 25.0 Å². The molecule has 0 bridgehead atoms. The Balaban J connectivity index is 1.23. The first-order valence-corrected chi connectivity index (χ1v) is 13.2. The molecule has 0 aliphatic carbocycles. The molecule has 1 fully saturated rings. The van der Waals surface area contributed by atoms with Crippen LogP contribution in [0, 0.1) is 11.6 Å². The summed E-state index contributed by atoms with van der Waals surface area (Å²) in [6.07, 6.45) is -1.62. The zero-order valence-electron chi connectivity index (χ0n) is 20.9. The van der Waals surface area contributed by atoms with Crippen LogP contribution in [0.4, 0.5) is 22.0 Å². The molecule has 0 spiro atoms. The Labute approximate surface area is 227 Å². The second-order valence-corrected chi connectivity index (χ2v) is 10.4. The Morgan fingerprint density at radius 2 is 1.49 bits per heavy atom. The number of rotatable bonds is 7. The van der Waals surface area contributed by atoms with Gasteiger partial charge in [-0.25, -0.2) is 13.6 Å². The highest BCUT2D eigenvalue weighted by Gasteiger charge is 2.34. The minimum absolute atomic E-state index is 0.000116. The number of hydrogen-bond donors (Lipinski definition) is 1. The lowest BCUT2D eigenvalue weighted by atomic mass is 9.87. The van der Waals surface area contributed by atoms with Gasteiger partial charge >= 0.3 is 11.9 Å². The average molecular weight is 564 g/mol. The lowest BCUT2D eigenvalue weighted by Gasteiger charge is -2.33. The molecule has 4 nitrogen and oxygen atoms in total. The molecule has 4 aromatic rings. The third-order valence-electron chi connectivity index (χ3n) is 7.54. The fourth-order valence-corrected chi connectivity index (χ4v) is 5.83. The molecular weight excluding hydrogens is 537 g/mol. The van der Waals surface area contributed by atoms with Gasteiger partial charge in [-0.2, -0.15) is 13.2 Å². The molecule has 10 heteroatoms. The Hall–Kier alpha value is -3.17. The van der Waals surface area contributed by atoms with E-state index in [2.05, 4.69) is 9.88 Å². The van der Waals surface area contributed by atoms with Crippen LogP contribution in [0.5, 0.6) is 0 Å². The summed E-state index contributed by atoms with van der Waals surface area (Å²) in [6.45, 7) is 2.28. The molecule has 1 N–H and O–H groups in total. The van der Waals surface area contributed by atoms with Crippen molar-refractivity contribution in [3.8, 4) is 0 Å². The highest BCUT2D eigenvalue weighted by molar-refractivity contribution is 6.32. The number of alkyl halides is 3. The van der Waals surface area contributed by atoms with Crippen molar-refractivity contribution in [3.05, 3.63) is 104 Å². The number of aromatic nitrogens is 2. The third-order valence-corrected chi connectivity index (χ3v) is 7.86. The number of halogens is 6. The molecule has 1 aliphatic heterocycles. The molecule has 1 saturated heterocycles. The van der Waals surface area contributed by atoms with Gasteiger partial charge in [0.05, 0.1) is 21.6 Å². The first-order valence-electron chi connectivity index (χ1n) is 12.8. The summed E-state index contributed by atoms with van der Waals surface area (Å²) in [7, 11) is 0. The maximum absolute atomic E-state index is 13.5. The molecule has 0 unspecified atom stereocenters. The minimum Gasteiger partial charge on any atom is -0.306 e. The Bertz CT molecular complexity index is 1440. The molecule has 2 heterocycles. The smallest absolute Gasteiger partial charge is 0.306 e. The number of nitrogens with one attached hydrogen (secondary N) is 1. The summed E-state index contributed by atoms with van der Waals surface area (Å²) in [6, 6.07) is 14.7. The van der Waals surface area contributed by atoms with Gasteiger partial charge in [-0.15, -0.1) is 0 Å². The van der Waals surface area contributed by atoms with E-state index in [1.807, 2.05) is 0 Å². The topological polar surface area (TPSA) is 41.0 Å². The van der Waals surface area contributed by atoms with Crippen LogP contribution in [-0.2, 0) is 6.18 Å². The van der Waals surface area contributed by atoms with E-state index in [1.165, 1.54) is 34.9 Å². The van der Waals surface area contributed by atoms with Crippen LogP contribution in [0.15, 0.2) is 65.5 Å². The van der Waals surface area contributed by atoms with Gasteiger partial charge in [-0.1, -0.05) is 35.9 Å². The van der Waals surface area contributed by atoms with Crippen molar-refractivity contribution in [3.63, 3.8) is 0 Å². The van der Waals surface area contributed by atoms with Gasteiger partial charge in [-0.05, 0) is 79.8 Å². The maximum atomic E-state index is 13.5. The lowest BCUT2D eigenvalue weighted by molar-refractivity contribution is -0.137. The van der Waals surface area contributed by atoms with Crippen LogP contribution in [0.3, 0.4) is 0 Å². The first kappa shape index (κ1) is 27.4. The van der Waals surface area contributed by atoms with Gasteiger partial charge in [0.1, 0.15) is 11.6 Å². The first-order chi connectivity index (χ1) is 18.6. The van der Waals surface area contributed by atoms with Crippen LogP contribution in [-0.4, -0.2) is 34.1 Å². The van der Waals surface area contributed by atoms with Crippen molar-refractivity contribution >= 4 is 22.6 Å². The third kappa shape index (κ3) is 6.04. The summed E-state index contributed by atoms with van der Waals surface area (Å²) < 4.78 is 68.2. The van der Waals surface area contributed by atoms with E-state index in [0.29, 0.717) is 18.4 Å². The van der Waals surface area contributed by atoms with Crippen molar-refractivity contribution in [2.24, 2.45) is 0 Å². The number of aromatic amines is 1. The zero-order valence-corrected chi connectivity index (χ0v) is 21.7. The summed E-state index contributed by atoms with van der Waals surface area (Å²) in [4.78, 5) is 17.5. The SMILES string of the molecule is O=c1[nH]c2cc(C(F)(F)F)c(Cl)cc2n1C1CCN(CCCC(c2ccc(F)cc2)c2ccc(F)cc2)CC1. The van der Waals surface area contributed by atoms with Gasteiger partial charge < -0.3 is 9.88 Å². The number of nitrogens with zero attached hydrogens (tertiary/aromatic N) is 2. The van der Waals surface area contributed by atoms with Crippen molar-refractivity contribution < 1.29 is 22.0 Å². The molecule has 39 heavy (non-hydrogen) atoms. The molecule has 1 aromatic heterocycles. The number of imidazole rings is 1. The fraction of sp³-hybridized carbons (Fsp3) is 0.345. The van der Waals surface area contributed by atoms with E-state index in [1.54, 1.807) is 24.3 Å². The van der Waals surface area contributed by atoms with E-state index in [-0.39, 0.29) is 29.1 Å². The molecule has 0 saturated carbocycles. The molecule has 0 amide bonds. The number of piperidine rings is 1. The quantitative estimate of drug-likeness (QED) is 0.236. The normalized spacial score (nSPS) is 15.5. The molecule has 206 valence electrons. The van der Waals surface area contributed by atoms with Crippen LogP contribution in [0.2, 0.25) is 5.02 Å². The second-order valence-electron chi connectivity index (χ2n) is 10.0. The molecule has 0 radical (unpaired) electrons. The maximum Gasteiger partial charge on any atom is 0.417 e. The summed E-state index contributed by atoms with van der Waals surface area (Å²) >= 11 is 5.92. The van der Waals surface area contributed by atoms with Gasteiger partial charge in [0.2, 0.25) is 0 Å². The van der Waals surface area contributed by atoms with Crippen LogP contribution in [0.25, 0.3) is 11.0 Å². The molecule has 1 aliphatic rings. The van der Waals surface area contributed by atoms with Crippen LogP contribution < -0.4 is 5.69 Å². The van der Waals surface area contributed by atoms with E-state index < -0.39 is 22.5 Å². The standard InChI is InChI=1S/C29H27ClF5N3O/c30-25-17-27-26(16-24(25)29(33,34)35)36-28(39)38(27)22-11-14-37(15-12-22)13-1-2-23(18-3-7-20(31)8-4-18)19-5-9-21(32)10-6-19/h3-10,16-17,22-23H,1-2,11-15H2,(H,36,39). The van der Waals surface area contributed by atoms with Crippen molar-refractivity contribution in [1.29, 1.82) is 0 Å². The average Bonchev–Trinajstić information content (AvgIpc) is 3.22. The van der Waals surface area contributed by atoms with Crippen molar-refractivity contribution in [2.45, 2.75) is 43.8 Å². The lowest BCUT2D eigenvalue weighted by Crippen LogP contribution is -2.37. The highest BCUT2D eigenvalue weighted by atomic mass is 35.5. The minimum atomic E-state index is -4.61. The fourth-order valence-electron chi connectivity index (χ4n) is 5.56. The van der Waals surface area contributed by atoms with E-state index >= 15 is 0 Å². The van der Waals surface area contributed by atoms with Gasteiger partial charge in [0.25, 0.3) is 0 Å². The highest BCUT2D eigenvalue weighted by Crippen LogP contribution is 2.37.